The van der Waals surface area contributed by atoms with Crippen molar-refractivity contribution in [1.82, 2.24) is 5.32 Å². The molecule has 17 heavy (non-hydrogen) atoms. The summed E-state index contributed by atoms with van der Waals surface area (Å²) in [7, 11) is 0. The van der Waals surface area contributed by atoms with Crippen LogP contribution in [-0.4, -0.2) is 22.7 Å². The van der Waals surface area contributed by atoms with E-state index >= 15 is 0 Å². The van der Waals surface area contributed by atoms with Crippen LogP contribution in [0.1, 0.15) is 37.6 Å². The van der Waals surface area contributed by atoms with Crippen molar-refractivity contribution in [3.05, 3.63) is 23.8 Å². The second-order valence-corrected chi connectivity index (χ2v) is 4.87. The van der Waals surface area contributed by atoms with Crippen LogP contribution in [0.3, 0.4) is 0 Å². The molecule has 0 saturated heterocycles. The zero-order chi connectivity index (χ0) is 13.1. The van der Waals surface area contributed by atoms with Gasteiger partial charge in [-0.2, -0.15) is 0 Å². The molecule has 0 aliphatic rings. The Balaban J connectivity index is 2.78. The lowest BCUT2D eigenvalue weighted by molar-refractivity contribution is 0.0930. The van der Waals surface area contributed by atoms with Gasteiger partial charge in [-0.15, -0.1) is 0 Å². The first-order chi connectivity index (χ1) is 7.87. The molecule has 0 radical (unpaired) electrons. The second kappa shape index (κ2) is 5.08. The van der Waals surface area contributed by atoms with Gasteiger partial charge in [0.05, 0.1) is 0 Å². The van der Waals surface area contributed by atoms with E-state index in [0.717, 1.165) is 6.42 Å². The summed E-state index contributed by atoms with van der Waals surface area (Å²) < 4.78 is 0. The summed E-state index contributed by atoms with van der Waals surface area (Å²) in [5, 5.41) is 21.8. The average Bonchev–Trinajstić information content (AvgIpc) is 2.26. The molecule has 4 heteroatoms. The van der Waals surface area contributed by atoms with Crippen molar-refractivity contribution in [1.29, 1.82) is 0 Å². The lowest BCUT2D eigenvalue weighted by Gasteiger charge is -2.23. The number of phenolic OH excluding ortho intramolecular Hbond substituents is 2. The maximum Gasteiger partial charge on any atom is 0.258 e. The predicted octanol–water partition coefficient (Wildman–Crippen LogP) is 2.26. The number of carbonyl (C=O) groups excluding carboxylic acids is 1. The Morgan fingerprint density at radius 2 is 1.82 bits per heavy atom. The fourth-order valence-electron chi connectivity index (χ4n) is 1.29. The highest BCUT2D eigenvalue weighted by Gasteiger charge is 2.20. The minimum absolute atomic E-state index is 0.00429. The van der Waals surface area contributed by atoms with Gasteiger partial charge in [-0.05, 0) is 24.0 Å². The van der Waals surface area contributed by atoms with Crippen molar-refractivity contribution < 1.29 is 15.0 Å². The van der Waals surface area contributed by atoms with Gasteiger partial charge < -0.3 is 15.5 Å². The Morgan fingerprint density at radius 3 is 2.29 bits per heavy atom. The molecule has 3 N–H and O–H groups in total. The third kappa shape index (κ3) is 3.37. The summed E-state index contributed by atoms with van der Waals surface area (Å²) in [6.45, 7) is 6.62. The molecule has 1 aromatic carbocycles. The van der Waals surface area contributed by atoms with Crippen LogP contribution < -0.4 is 5.32 Å². The lowest BCUT2D eigenvalue weighted by Crippen LogP contribution is -2.33. The molecule has 0 spiro atoms. The van der Waals surface area contributed by atoms with Gasteiger partial charge in [0.2, 0.25) is 0 Å². The maximum atomic E-state index is 11.8. The molecular formula is C13H19NO3. The quantitative estimate of drug-likeness (QED) is 0.752. The van der Waals surface area contributed by atoms with Crippen molar-refractivity contribution >= 4 is 5.91 Å². The smallest absolute Gasteiger partial charge is 0.258 e. The molecular weight excluding hydrogens is 218 g/mol. The van der Waals surface area contributed by atoms with E-state index in [1.807, 2.05) is 20.8 Å². The molecule has 0 saturated carbocycles. The van der Waals surface area contributed by atoms with Gasteiger partial charge in [-0.3, -0.25) is 4.79 Å². The summed E-state index contributed by atoms with van der Waals surface area (Å²) in [6, 6.07) is 4.23. The zero-order valence-corrected chi connectivity index (χ0v) is 10.4. The van der Waals surface area contributed by atoms with Gasteiger partial charge in [0, 0.05) is 6.54 Å². The summed E-state index contributed by atoms with van der Waals surface area (Å²) in [5.41, 5.74) is -0.0743. The van der Waals surface area contributed by atoms with E-state index in [0.29, 0.717) is 6.54 Å². The zero-order valence-electron chi connectivity index (χ0n) is 10.4. The van der Waals surface area contributed by atoms with Gasteiger partial charge in [0.15, 0.2) is 0 Å². The van der Waals surface area contributed by atoms with Crippen molar-refractivity contribution in [3.63, 3.8) is 0 Å². The molecule has 0 unspecified atom stereocenters. The molecule has 1 amide bonds. The van der Waals surface area contributed by atoms with Crippen molar-refractivity contribution in [3.8, 4) is 11.5 Å². The molecule has 0 aliphatic heterocycles. The highest BCUT2D eigenvalue weighted by Crippen LogP contribution is 2.26. The van der Waals surface area contributed by atoms with Crippen LogP contribution in [0.5, 0.6) is 11.5 Å². The Morgan fingerprint density at radius 1 is 1.29 bits per heavy atom. The Hall–Kier alpha value is -1.71. The molecule has 0 atom stereocenters. The number of benzene rings is 1. The number of rotatable bonds is 4. The van der Waals surface area contributed by atoms with Gasteiger partial charge in [-0.1, -0.05) is 26.8 Å². The first kappa shape index (κ1) is 13.4. The maximum absolute atomic E-state index is 11.8. The van der Waals surface area contributed by atoms with E-state index in [9.17, 15) is 15.0 Å². The molecule has 0 heterocycles. The van der Waals surface area contributed by atoms with Gasteiger partial charge in [0.1, 0.15) is 17.1 Å². The normalized spacial score (nSPS) is 11.2. The summed E-state index contributed by atoms with van der Waals surface area (Å²) in [4.78, 5) is 11.8. The molecule has 4 nitrogen and oxygen atoms in total. The lowest BCUT2D eigenvalue weighted by atomic mass is 9.90. The summed E-state index contributed by atoms with van der Waals surface area (Å²) in [6.07, 6.45) is 0.931. The Bertz CT molecular complexity index is 393. The first-order valence-electron chi connectivity index (χ1n) is 5.66. The van der Waals surface area contributed by atoms with Crippen LogP contribution in [0.15, 0.2) is 18.2 Å². The van der Waals surface area contributed by atoms with Gasteiger partial charge in [0.25, 0.3) is 5.91 Å². The van der Waals surface area contributed by atoms with E-state index in [2.05, 4.69) is 5.32 Å². The van der Waals surface area contributed by atoms with Crippen LogP contribution in [0.4, 0.5) is 0 Å². The number of hydrogen-bond donors (Lipinski definition) is 3. The topological polar surface area (TPSA) is 69.6 Å². The molecule has 1 aromatic rings. The van der Waals surface area contributed by atoms with Crippen LogP contribution in [0.25, 0.3) is 0 Å². The van der Waals surface area contributed by atoms with Crippen molar-refractivity contribution in [2.75, 3.05) is 6.54 Å². The van der Waals surface area contributed by atoms with E-state index in [1.54, 1.807) is 0 Å². The number of hydrogen-bond acceptors (Lipinski definition) is 3. The predicted molar refractivity (Wildman–Crippen MR) is 66.2 cm³/mol. The Labute approximate surface area is 101 Å². The number of nitrogens with one attached hydrogen (secondary N) is 1. The molecule has 94 valence electrons. The van der Waals surface area contributed by atoms with Gasteiger partial charge >= 0.3 is 0 Å². The monoisotopic (exact) mass is 237 g/mol. The standard InChI is InChI=1S/C13H19NO3/c1-4-13(2,3)8-14-12(17)11-9(15)6-5-7-10(11)16/h5-7,15-16H,4,8H2,1-3H3,(H,14,17). The Kier molecular flexibility index (Phi) is 3.99. The third-order valence-corrected chi connectivity index (χ3v) is 2.93. The highest BCUT2D eigenvalue weighted by molar-refractivity contribution is 5.99. The minimum Gasteiger partial charge on any atom is -0.507 e. The average molecular weight is 237 g/mol. The number of carbonyl (C=O) groups is 1. The van der Waals surface area contributed by atoms with Crippen LogP contribution in [-0.2, 0) is 0 Å². The fraction of sp³-hybridized carbons (Fsp3) is 0.462. The van der Waals surface area contributed by atoms with E-state index in [1.165, 1.54) is 18.2 Å². The van der Waals surface area contributed by atoms with Crippen molar-refractivity contribution in [2.24, 2.45) is 5.41 Å². The number of phenols is 2. The van der Waals surface area contributed by atoms with Crippen molar-refractivity contribution in [2.45, 2.75) is 27.2 Å². The van der Waals surface area contributed by atoms with Crippen LogP contribution in [0.2, 0.25) is 0 Å². The molecule has 0 aliphatic carbocycles. The van der Waals surface area contributed by atoms with E-state index in [-0.39, 0.29) is 22.5 Å². The first-order valence-corrected chi connectivity index (χ1v) is 5.66. The molecule has 1 rings (SSSR count). The second-order valence-electron chi connectivity index (χ2n) is 4.87. The molecule has 0 fully saturated rings. The summed E-state index contributed by atoms with van der Waals surface area (Å²) >= 11 is 0. The molecule has 0 bridgehead atoms. The third-order valence-electron chi connectivity index (χ3n) is 2.93. The number of amides is 1. The van der Waals surface area contributed by atoms with E-state index < -0.39 is 5.91 Å². The van der Waals surface area contributed by atoms with Crippen LogP contribution >= 0.6 is 0 Å². The molecule has 0 aromatic heterocycles. The summed E-state index contributed by atoms with van der Waals surface area (Å²) in [5.74, 6) is -0.879. The van der Waals surface area contributed by atoms with E-state index in [4.69, 9.17) is 0 Å². The largest absolute Gasteiger partial charge is 0.507 e. The fourth-order valence-corrected chi connectivity index (χ4v) is 1.29. The number of aromatic hydroxyl groups is 2. The highest BCUT2D eigenvalue weighted by atomic mass is 16.3. The van der Waals surface area contributed by atoms with Gasteiger partial charge in [-0.25, -0.2) is 0 Å². The minimum atomic E-state index is -0.456. The SMILES string of the molecule is CCC(C)(C)CNC(=O)c1c(O)cccc1O. The van der Waals surface area contributed by atoms with Crippen LogP contribution in [0, 0.1) is 5.41 Å².